The number of nitrogens with one attached hydrogen (secondary N) is 1. The van der Waals surface area contributed by atoms with Gasteiger partial charge in [-0.25, -0.2) is 5.84 Å². The fourth-order valence-corrected chi connectivity index (χ4v) is 1.87. The van der Waals surface area contributed by atoms with Crippen molar-refractivity contribution in [3.05, 3.63) is 0 Å². The molecule has 15 heavy (non-hydrogen) atoms. The van der Waals surface area contributed by atoms with E-state index >= 15 is 0 Å². The Bertz CT molecular complexity index is 191. The first-order valence-electron chi connectivity index (χ1n) is 5.59. The maximum atomic E-state index is 10.9. The Hall–Kier alpha value is -0.650. The molecule has 0 aliphatic carbocycles. The van der Waals surface area contributed by atoms with Crippen molar-refractivity contribution in [2.75, 3.05) is 26.2 Å². The van der Waals surface area contributed by atoms with Gasteiger partial charge in [-0.2, -0.15) is 0 Å². The molecular formula is C10H21N3O2. The summed E-state index contributed by atoms with van der Waals surface area (Å²) in [6.45, 7) is 5.64. The number of amides is 1. The fraction of sp³-hybridized carbons (Fsp3) is 0.900. The predicted molar refractivity (Wildman–Crippen MR) is 58.0 cm³/mol. The molecule has 1 heterocycles. The van der Waals surface area contributed by atoms with Gasteiger partial charge in [-0.3, -0.25) is 10.2 Å². The van der Waals surface area contributed by atoms with Crippen LogP contribution in [0, 0.1) is 0 Å². The standard InChI is InChI=1S/C10H21N3O2/c1-2-15-9-3-6-13(7-4-9)8-5-10(14)12-11/h9H,2-8,11H2,1H3,(H,12,14). The van der Waals surface area contributed by atoms with Crippen molar-refractivity contribution < 1.29 is 9.53 Å². The van der Waals surface area contributed by atoms with Gasteiger partial charge in [-0.1, -0.05) is 0 Å². The Kier molecular flexibility index (Phi) is 5.60. The molecule has 88 valence electrons. The molecule has 1 aliphatic heterocycles. The van der Waals surface area contributed by atoms with Crippen LogP contribution in [-0.4, -0.2) is 43.2 Å². The van der Waals surface area contributed by atoms with Crippen molar-refractivity contribution in [1.29, 1.82) is 0 Å². The van der Waals surface area contributed by atoms with Gasteiger partial charge in [0.05, 0.1) is 6.10 Å². The number of hydrogen-bond acceptors (Lipinski definition) is 4. The van der Waals surface area contributed by atoms with Crippen LogP contribution in [0.25, 0.3) is 0 Å². The van der Waals surface area contributed by atoms with Crippen molar-refractivity contribution in [2.24, 2.45) is 5.84 Å². The maximum absolute atomic E-state index is 10.9. The Morgan fingerprint density at radius 2 is 2.20 bits per heavy atom. The van der Waals surface area contributed by atoms with Gasteiger partial charge in [-0.15, -0.1) is 0 Å². The lowest BCUT2D eigenvalue weighted by atomic mass is 10.1. The van der Waals surface area contributed by atoms with Crippen molar-refractivity contribution in [2.45, 2.75) is 32.3 Å². The lowest BCUT2D eigenvalue weighted by Gasteiger charge is -2.31. The van der Waals surface area contributed by atoms with E-state index in [4.69, 9.17) is 10.6 Å². The summed E-state index contributed by atoms with van der Waals surface area (Å²) >= 11 is 0. The molecule has 0 unspecified atom stereocenters. The predicted octanol–water partition coefficient (Wildman–Crippen LogP) is -0.133. The van der Waals surface area contributed by atoms with E-state index in [1.165, 1.54) is 0 Å². The average molecular weight is 215 g/mol. The van der Waals surface area contributed by atoms with E-state index in [1.807, 2.05) is 6.92 Å². The molecule has 0 aromatic heterocycles. The third kappa shape index (κ3) is 4.59. The Balaban J connectivity index is 2.12. The van der Waals surface area contributed by atoms with Gasteiger partial charge in [0.15, 0.2) is 0 Å². The van der Waals surface area contributed by atoms with E-state index in [0.29, 0.717) is 12.5 Å². The second kappa shape index (κ2) is 6.76. The summed E-state index contributed by atoms with van der Waals surface area (Å²) in [5, 5.41) is 0. The van der Waals surface area contributed by atoms with Gasteiger partial charge < -0.3 is 9.64 Å². The van der Waals surface area contributed by atoms with E-state index in [1.54, 1.807) is 0 Å². The number of piperidine rings is 1. The molecule has 1 amide bonds. The van der Waals surface area contributed by atoms with Crippen LogP contribution in [0.1, 0.15) is 26.2 Å². The van der Waals surface area contributed by atoms with Gasteiger partial charge >= 0.3 is 0 Å². The van der Waals surface area contributed by atoms with Crippen LogP contribution in [0.5, 0.6) is 0 Å². The second-order valence-corrected chi connectivity index (χ2v) is 3.81. The minimum Gasteiger partial charge on any atom is -0.378 e. The third-order valence-electron chi connectivity index (χ3n) is 2.75. The number of nitrogens with zero attached hydrogens (tertiary/aromatic N) is 1. The lowest BCUT2D eigenvalue weighted by Crippen LogP contribution is -2.40. The summed E-state index contributed by atoms with van der Waals surface area (Å²) in [4.78, 5) is 13.2. The van der Waals surface area contributed by atoms with Crippen molar-refractivity contribution in [1.82, 2.24) is 10.3 Å². The Morgan fingerprint density at radius 1 is 1.53 bits per heavy atom. The molecule has 0 aromatic carbocycles. The highest BCUT2D eigenvalue weighted by Crippen LogP contribution is 2.13. The van der Waals surface area contributed by atoms with Gasteiger partial charge in [0.2, 0.25) is 5.91 Å². The third-order valence-corrected chi connectivity index (χ3v) is 2.75. The topological polar surface area (TPSA) is 67.6 Å². The molecule has 0 aromatic rings. The first-order chi connectivity index (χ1) is 7.26. The summed E-state index contributed by atoms with van der Waals surface area (Å²) in [6, 6.07) is 0. The molecule has 3 N–H and O–H groups in total. The van der Waals surface area contributed by atoms with E-state index in [9.17, 15) is 4.79 Å². The zero-order valence-electron chi connectivity index (χ0n) is 9.37. The van der Waals surface area contributed by atoms with Crippen molar-refractivity contribution >= 4 is 5.91 Å². The molecule has 1 fully saturated rings. The molecule has 0 bridgehead atoms. The minimum absolute atomic E-state index is 0.0954. The highest BCUT2D eigenvalue weighted by Gasteiger charge is 2.19. The number of hydrazine groups is 1. The number of likely N-dealkylation sites (tertiary alicyclic amines) is 1. The van der Waals surface area contributed by atoms with Gasteiger partial charge in [0, 0.05) is 32.7 Å². The molecule has 0 saturated carbocycles. The molecule has 0 spiro atoms. The minimum atomic E-state index is -0.0954. The highest BCUT2D eigenvalue weighted by molar-refractivity contribution is 5.75. The van der Waals surface area contributed by atoms with Crippen LogP contribution in [-0.2, 0) is 9.53 Å². The Morgan fingerprint density at radius 3 is 2.73 bits per heavy atom. The van der Waals surface area contributed by atoms with Gasteiger partial charge in [0.25, 0.3) is 0 Å². The lowest BCUT2D eigenvalue weighted by molar-refractivity contribution is -0.121. The molecule has 1 saturated heterocycles. The molecule has 5 nitrogen and oxygen atoms in total. The number of rotatable bonds is 5. The van der Waals surface area contributed by atoms with E-state index in [2.05, 4.69) is 10.3 Å². The molecular weight excluding hydrogens is 194 g/mol. The number of ether oxygens (including phenoxy) is 1. The van der Waals surface area contributed by atoms with Crippen LogP contribution in [0.15, 0.2) is 0 Å². The summed E-state index contributed by atoms with van der Waals surface area (Å²) < 4.78 is 5.55. The van der Waals surface area contributed by atoms with Crippen LogP contribution < -0.4 is 11.3 Å². The Labute approximate surface area is 90.9 Å². The fourth-order valence-electron chi connectivity index (χ4n) is 1.87. The van der Waals surface area contributed by atoms with Crippen LogP contribution >= 0.6 is 0 Å². The summed E-state index contributed by atoms with van der Waals surface area (Å²) in [6.07, 6.45) is 3.03. The number of carbonyl (C=O) groups excluding carboxylic acids is 1. The molecule has 1 aliphatic rings. The number of carbonyl (C=O) groups is 1. The largest absolute Gasteiger partial charge is 0.378 e. The highest BCUT2D eigenvalue weighted by atomic mass is 16.5. The summed E-state index contributed by atoms with van der Waals surface area (Å²) in [5.41, 5.74) is 2.14. The summed E-state index contributed by atoms with van der Waals surface area (Å²) in [7, 11) is 0. The maximum Gasteiger partial charge on any atom is 0.235 e. The van der Waals surface area contributed by atoms with Gasteiger partial charge in [-0.05, 0) is 19.8 Å². The summed E-state index contributed by atoms with van der Waals surface area (Å²) in [5.74, 6) is 4.92. The normalized spacial score (nSPS) is 19.1. The van der Waals surface area contributed by atoms with Crippen molar-refractivity contribution in [3.63, 3.8) is 0 Å². The molecule has 0 radical (unpaired) electrons. The van der Waals surface area contributed by atoms with Gasteiger partial charge in [0.1, 0.15) is 0 Å². The molecule has 0 atom stereocenters. The first kappa shape index (κ1) is 12.4. The van der Waals surface area contributed by atoms with E-state index in [-0.39, 0.29) is 5.91 Å². The van der Waals surface area contributed by atoms with Crippen LogP contribution in [0.3, 0.4) is 0 Å². The van der Waals surface area contributed by atoms with Crippen molar-refractivity contribution in [3.8, 4) is 0 Å². The smallest absolute Gasteiger partial charge is 0.235 e. The van der Waals surface area contributed by atoms with E-state index in [0.717, 1.165) is 39.1 Å². The quantitative estimate of drug-likeness (QED) is 0.381. The molecule has 5 heteroatoms. The monoisotopic (exact) mass is 215 g/mol. The number of hydrogen-bond donors (Lipinski definition) is 2. The SMILES string of the molecule is CCOC1CCN(CCC(=O)NN)CC1. The second-order valence-electron chi connectivity index (χ2n) is 3.81. The number of nitrogens with two attached hydrogens (primary N) is 1. The average Bonchev–Trinajstić information content (AvgIpc) is 2.28. The zero-order valence-corrected chi connectivity index (χ0v) is 9.37. The van der Waals surface area contributed by atoms with E-state index < -0.39 is 0 Å². The molecule has 1 rings (SSSR count). The zero-order chi connectivity index (χ0) is 11.1. The van der Waals surface area contributed by atoms with Crippen LogP contribution in [0.4, 0.5) is 0 Å². The first-order valence-corrected chi connectivity index (χ1v) is 5.59. The van der Waals surface area contributed by atoms with Crippen LogP contribution in [0.2, 0.25) is 0 Å².